The van der Waals surface area contributed by atoms with Crippen molar-refractivity contribution in [2.45, 2.75) is 24.3 Å². The zero-order valence-corrected chi connectivity index (χ0v) is 19.7. The van der Waals surface area contributed by atoms with Gasteiger partial charge in [0, 0.05) is 18.0 Å². The van der Waals surface area contributed by atoms with Crippen LogP contribution in [0.25, 0.3) is 16.5 Å². The minimum Gasteiger partial charge on any atom is -0.313 e. The maximum Gasteiger partial charge on any atom is 0.265 e. The van der Waals surface area contributed by atoms with Crippen molar-refractivity contribution in [1.82, 2.24) is 20.1 Å². The molecule has 0 saturated carbocycles. The number of hydrogen-bond acceptors (Lipinski definition) is 5. The molecule has 0 bridgehead atoms. The van der Waals surface area contributed by atoms with Crippen molar-refractivity contribution in [2.24, 2.45) is 0 Å². The summed E-state index contributed by atoms with van der Waals surface area (Å²) in [5.41, 5.74) is 3.88. The molecule has 3 heterocycles. The van der Waals surface area contributed by atoms with E-state index >= 15 is 4.39 Å². The van der Waals surface area contributed by atoms with Crippen molar-refractivity contribution < 1.29 is 17.2 Å². The minimum atomic E-state index is -4.34. The number of nitrogens with zero attached hydrogens (tertiary/aromatic N) is 3. The number of nitrogens with one attached hydrogen (secondary N) is 2. The third-order valence-electron chi connectivity index (χ3n) is 6.08. The summed E-state index contributed by atoms with van der Waals surface area (Å²) in [6, 6.07) is 13.9. The lowest BCUT2D eigenvalue weighted by Crippen LogP contribution is -2.21. The molecule has 10 heteroatoms. The lowest BCUT2D eigenvalue weighted by atomic mass is 9.92. The van der Waals surface area contributed by atoms with Crippen LogP contribution in [0.1, 0.15) is 30.5 Å². The largest absolute Gasteiger partial charge is 0.313 e. The summed E-state index contributed by atoms with van der Waals surface area (Å²) in [4.78, 5) is 2.91. The molecule has 1 aliphatic rings. The molecule has 2 aromatic heterocycles. The molecule has 7 nitrogen and oxygen atoms in total. The van der Waals surface area contributed by atoms with Crippen LogP contribution >= 0.6 is 0 Å². The lowest BCUT2D eigenvalue weighted by molar-refractivity contribution is 0.564. The zero-order chi connectivity index (χ0) is 24.6. The Morgan fingerprint density at radius 3 is 2.71 bits per heavy atom. The molecule has 0 amide bonds. The summed E-state index contributed by atoms with van der Waals surface area (Å²) in [7, 11) is -4.34. The first-order chi connectivity index (χ1) is 16.8. The van der Waals surface area contributed by atoms with Crippen LogP contribution in [0.4, 0.5) is 14.6 Å². The molecule has 180 valence electrons. The van der Waals surface area contributed by atoms with Crippen LogP contribution in [-0.4, -0.2) is 36.3 Å². The number of hydrogen-bond donors (Lipinski definition) is 2. The van der Waals surface area contributed by atoms with Gasteiger partial charge in [-0.05, 0) is 54.8 Å². The van der Waals surface area contributed by atoms with Gasteiger partial charge >= 0.3 is 0 Å². The summed E-state index contributed by atoms with van der Waals surface area (Å²) in [5.74, 6) is -2.03. The second-order valence-corrected chi connectivity index (χ2v) is 9.98. The molecule has 35 heavy (non-hydrogen) atoms. The van der Waals surface area contributed by atoms with Crippen molar-refractivity contribution in [3.05, 3.63) is 89.8 Å². The molecule has 4 aromatic rings. The molecule has 2 N–H and O–H groups in total. The van der Waals surface area contributed by atoms with Crippen LogP contribution in [-0.2, 0) is 10.0 Å². The van der Waals surface area contributed by atoms with Crippen molar-refractivity contribution in [3.63, 3.8) is 0 Å². The van der Waals surface area contributed by atoms with Crippen molar-refractivity contribution in [3.8, 4) is 0 Å². The Morgan fingerprint density at radius 1 is 1.11 bits per heavy atom. The summed E-state index contributed by atoms with van der Waals surface area (Å²) in [6.45, 7) is 3.69. The fraction of sp³-hybridized carbons (Fsp3) is 0.200. The van der Waals surface area contributed by atoms with Gasteiger partial charge in [0.25, 0.3) is 10.0 Å². The maximum absolute atomic E-state index is 15.1. The lowest BCUT2D eigenvalue weighted by Gasteiger charge is -2.22. The predicted molar refractivity (Wildman–Crippen MR) is 130 cm³/mol. The van der Waals surface area contributed by atoms with Gasteiger partial charge in [-0.1, -0.05) is 36.4 Å². The topological polar surface area (TPSA) is 88.9 Å². The van der Waals surface area contributed by atoms with Crippen molar-refractivity contribution >= 4 is 32.3 Å². The first-order valence-electron chi connectivity index (χ1n) is 11.1. The third kappa shape index (κ3) is 4.54. The van der Waals surface area contributed by atoms with E-state index in [4.69, 9.17) is 0 Å². The molecule has 0 radical (unpaired) electrons. The van der Waals surface area contributed by atoms with Crippen LogP contribution in [0, 0.1) is 11.8 Å². The van der Waals surface area contributed by atoms with E-state index in [9.17, 15) is 12.8 Å². The van der Waals surface area contributed by atoms with E-state index in [0.29, 0.717) is 10.9 Å². The van der Waals surface area contributed by atoms with E-state index in [1.165, 1.54) is 36.0 Å². The Balaban J connectivity index is 1.52. The fourth-order valence-electron chi connectivity index (χ4n) is 4.37. The molecule has 1 atom stereocenters. The molecule has 0 aliphatic carbocycles. The maximum atomic E-state index is 15.1. The van der Waals surface area contributed by atoms with Crippen LogP contribution < -0.4 is 10.0 Å². The molecular formula is C25H23F2N5O2S. The van der Waals surface area contributed by atoms with Crippen LogP contribution in [0.15, 0.2) is 71.8 Å². The first kappa shape index (κ1) is 23.1. The highest BCUT2D eigenvalue weighted by molar-refractivity contribution is 7.92. The number of benzene rings is 2. The SMILES string of the molecule is CC(c1ccccc1C1=CCNCC1)n1ncc2cc(S(=O)(=O)Nc3cccc(F)n3)c(F)cc21. The monoisotopic (exact) mass is 495 g/mol. The third-order valence-corrected chi connectivity index (χ3v) is 7.45. The molecule has 0 spiro atoms. The summed E-state index contributed by atoms with van der Waals surface area (Å²) >= 11 is 0. The van der Waals surface area contributed by atoms with E-state index in [2.05, 4.69) is 32.3 Å². The highest BCUT2D eigenvalue weighted by Crippen LogP contribution is 2.32. The normalized spacial score (nSPS) is 15.1. The highest BCUT2D eigenvalue weighted by Gasteiger charge is 2.24. The van der Waals surface area contributed by atoms with Gasteiger partial charge < -0.3 is 5.32 Å². The van der Waals surface area contributed by atoms with Gasteiger partial charge in [0.15, 0.2) is 0 Å². The number of anilines is 1. The van der Waals surface area contributed by atoms with E-state index in [-0.39, 0.29) is 11.9 Å². The Kier molecular flexibility index (Phi) is 6.08. The van der Waals surface area contributed by atoms with Crippen molar-refractivity contribution in [2.75, 3.05) is 17.8 Å². The molecule has 0 saturated heterocycles. The molecule has 0 fully saturated rings. The van der Waals surface area contributed by atoms with Crippen LogP contribution in [0.5, 0.6) is 0 Å². The van der Waals surface area contributed by atoms with E-state index in [1.807, 2.05) is 25.1 Å². The summed E-state index contributed by atoms with van der Waals surface area (Å²) in [5, 5.41) is 8.24. The molecular weight excluding hydrogens is 472 g/mol. The number of aromatic nitrogens is 3. The average molecular weight is 496 g/mol. The number of pyridine rings is 1. The summed E-state index contributed by atoms with van der Waals surface area (Å²) in [6.07, 6.45) is 4.59. The number of halogens is 2. The highest BCUT2D eigenvalue weighted by atomic mass is 32.2. The second kappa shape index (κ2) is 9.20. The predicted octanol–water partition coefficient (Wildman–Crippen LogP) is 4.50. The van der Waals surface area contributed by atoms with Crippen LogP contribution in [0.2, 0.25) is 0 Å². The van der Waals surface area contributed by atoms with Gasteiger partial charge in [0.2, 0.25) is 5.95 Å². The quantitative estimate of drug-likeness (QED) is 0.385. The van der Waals surface area contributed by atoms with Gasteiger partial charge in [-0.25, -0.2) is 17.8 Å². The number of sulfonamides is 1. The van der Waals surface area contributed by atoms with Gasteiger partial charge in [0.05, 0.1) is 17.8 Å². The molecule has 1 unspecified atom stereocenters. The Hall–Kier alpha value is -3.63. The molecule has 1 aliphatic heterocycles. The molecule has 2 aromatic carbocycles. The van der Waals surface area contributed by atoms with Crippen molar-refractivity contribution in [1.29, 1.82) is 0 Å². The smallest absolute Gasteiger partial charge is 0.265 e. The number of rotatable bonds is 6. The summed E-state index contributed by atoms with van der Waals surface area (Å²) < 4.78 is 57.9. The van der Waals surface area contributed by atoms with Gasteiger partial charge in [-0.2, -0.15) is 9.49 Å². The van der Waals surface area contributed by atoms with E-state index in [1.54, 1.807) is 4.68 Å². The van der Waals surface area contributed by atoms with Gasteiger partial charge in [-0.3, -0.25) is 9.40 Å². The number of fused-ring (bicyclic) bond motifs is 1. The zero-order valence-electron chi connectivity index (χ0n) is 18.9. The first-order valence-corrected chi connectivity index (χ1v) is 12.6. The Morgan fingerprint density at radius 2 is 1.94 bits per heavy atom. The average Bonchev–Trinajstić information content (AvgIpc) is 3.26. The van der Waals surface area contributed by atoms with Crippen LogP contribution in [0.3, 0.4) is 0 Å². The fourth-order valence-corrected chi connectivity index (χ4v) is 5.47. The standard InChI is InChI=1S/C25H23F2N5O2S/c1-16(19-5-2-3-6-20(19)17-9-11-28-12-10-17)32-22-14-21(26)23(13-18(22)15-29-32)35(33,34)31-25-8-4-7-24(27)30-25/h2-9,13-16,28H,10-12H2,1H3,(H,30,31). The van der Waals surface area contributed by atoms with E-state index in [0.717, 1.165) is 36.7 Å². The molecule has 5 rings (SSSR count). The van der Waals surface area contributed by atoms with E-state index < -0.39 is 26.7 Å². The van der Waals surface area contributed by atoms with Gasteiger partial charge in [-0.15, -0.1) is 0 Å². The second-order valence-electron chi connectivity index (χ2n) is 8.33. The van der Waals surface area contributed by atoms with Gasteiger partial charge in [0.1, 0.15) is 16.5 Å². The minimum absolute atomic E-state index is 0.226. The Bertz CT molecular complexity index is 1550. The Labute approximate surface area is 201 Å².